The Morgan fingerprint density at radius 3 is 2.74 bits per heavy atom. The molecule has 2 N–H and O–H groups in total. The molecule has 0 bridgehead atoms. The quantitative estimate of drug-likeness (QED) is 0.569. The van der Waals surface area contributed by atoms with Crippen molar-refractivity contribution in [3.05, 3.63) is 68.3 Å². The molecule has 0 aliphatic carbocycles. The number of halogens is 1. The lowest BCUT2D eigenvalue weighted by atomic mass is 10.3. The number of H-pyrrole nitrogens is 1. The summed E-state index contributed by atoms with van der Waals surface area (Å²) in [7, 11) is 0. The molecule has 0 fully saturated rings. The van der Waals surface area contributed by atoms with Crippen LogP contribution < -0.4 is 16.6 Å². The summed E-state index contributed by atoms with van der Waals surface area (Å²) in [5.74, 6) is 0.208. The van der Waals surface area contributed by atoms with Gasteiger partial charge in [-0.3, -0.25) is 14.6 Å². The number of anilines is 1. The van der Waals surface area contributed by atoms with E-state index in [-0.39, 0.29) is 23.4 Å². The zero-order chi connectivity index (χ0) is 19.2. The van der Waals surface area contributed by atoms with Gasteiger partial charge in [-0.25, -0.2) is 4.79 Å². The number of nitrogens with zero attached hydrogens (tertiary/aromatic N) is 3. The largest absolute Gasteiger partial charge is 0.416 e. The van der Waals surface area contributed by atoms with Gasteiger partial charge in [0, 0.05) is 35.9 Å². The molecule has 0 aliphatic rings. The Labute approximate surface area is 161 Å². The highest BCUT2D eigenvalue weighted by molar-refractivity contribution is 7.99. The Morgan fingerprint density at radius 1 is 1.22 bits per heavy atom. The lowest BCUT2D eigenvalue weighted by Gasteiger charge is -2.03. The summed E-state index contributed by atoms with van der Waals surface area (Å²) in [6.45, 7) is 0.277. The number of hydrogen-bond donors (Lipinski definition) is 2. The van der Waals surface area contributed by atoms with E-state index < -0.39 is 11.2 Å². The number of benzene rings is 1. The zero-order valence-corrected chi connectivity index (χ0v) is 15.4. The Hall–Kier alpha value is -2.85. The van der Waals surface area contributed by atoms with Crippen molar-refractivity contribution in [1.82, 2.24) is 19.7 Å². The molecule has 3 rings (SSSR count). The summed E-state index contributed by atoms with van der Waals surface area (Å²) in [5.41, 5.74) is -0.317. The number of thioether (sulfide) groups is 1. The van der Waals surface area contributed by atoms with Gasteiger partial charge in [-0.2, -0.15) is 0 Å². The molecule has 1 aromatic carbocycles. The van der Waals surface area contributed by atoms with Gasteiger partial charge in [-0.1, -0.05) is 23.4 Å². The van der Waals surface area contributed by atoms with Crippen LogP contribution in [0.15, 0.2) is 55.8 Å². The van der Waals surface area contributed by atoms with Crippen LogP contribution in [0.25, 0.3) is 0 Å². The summed E-state index contributed by atoms with van der Waals surface area (Å²) < 4.78 is 6.77. The van der Waals surface area contributed by atoms with Crippen molar-refractivity contribution in [3.8, 4) is 0 Å². The second-order valence-electron chi connectivity index (χ2n) is 5.36. The summed E-state index contributed by atoms with van der Waals surface area (Å²) in [4.78, 5) is 36.7. The number of hydrogen-bond acceptors (Lipinski definition) is 7. The maximum Gasteiger partial charge on any atom is 0.328 e. The molecule has 2 aromatic heterocycles. The minimum absolute atomic E-state index is 0.101. The molecular weight excluding hydrogens is 394 g/mol. The molecule has 0 saturated carbocycles. The van der Waals surface area contributed by atoms with Gasteiger partial charge in [-0.05, 0) is 24.3 Å². The maximum absolute atomic E-state index is 11.9. The average molecular weight is 408 g/mol. The van der Waals surface area contributed by atoms with Crippen molar-refractivity contribution >= 4 is 35.0 Å². The third-order valence-electron chi connectivity index (χ3n) is 3.37. The highest BCUT2D eigenvalue weighted by Crippen LogP contribution is 2.18. The number of nitrogens with one attached hydrogen (secondary N) is 2. The zero-order valence-electron chi connectivity index (χ0n) is 13.8. The highest BCUT2D eigenvalue weighted by atomic mass is 35.5. The van der Waals surface area contributed by atoms with E-state index in [1.807, 2.05) is 0 Å². The number of aryl methyl sites for hydroxylation is 2. The second kappa shape index (κ2) is 8.69. The molecule has 1 amide bonds. The van der Waals surface area contributed by atoms with Crippen molar-refractivity contribution in [2.24, 2.45) is 0 Å². The molecule has 0 unspecified atom stereocenters. The van der Waals surface area contributed by atoms with Gasteiger partial charge >= 0.3 is 5.69 Å². The number of aromatic amines is 1. The molecule has 0 spiro atoms. The third kappa shape index (κ3) is 5.56. The first-order valence-electron chi connectivity index (χ1n) is 7.80. The summed E-state index contributed by atoms with van der Waals surface area (Å²) in [5, 5.41) is 11.3. The average Bonchev–Trinajstić information content (AvgIpc) is 3.09. The van der Waals surface area contributed by atoms with Crippen LogP contribution in [0.2, 0.25) is 5.02 Å². The van der Waals surface area contributed by atoms with Gasteiger partial charge in [0.15, 0.2) is 0 Å². The molecule has 0 aliphatic heterocycles. The van der Waals surface area contributed by atoms with E-state index in [4.69, 9.17) is 16.0 Å². The monoisotopic (exact) mass is 407 g/mol. The van der Waals surface area contributed by atoms with Crippen LogP contribution >= 0.6 is 23.4 Å². The Balaban J connectivity index is 1.48. The first-order valence-corrected chi connectivity index (χ1v) is 9.16. The van der Waals surface area contributed by atoms with Crippen molar-refractivity contribution < 1.29 is 9.21 Å². The third-order valence-corrected chi connectivity index (χ3v) is 4.44. The molecule has 0 saturated heterocycles. The first kappa shape index (κ1) is 18.9. The number of rotatable bonds is 7. The standard InChI is InChI=1S/C16H14ClN5O4S/c17-10-1-3-11(4-2-10)18-13(24)9-27-16-21-20-14(26-16)6-8-22-7-5-12(23)19-15(22)25/h1-5,7H,6,8-9H2,(H,18,24)(H,19,23,25). The molecule has 11 heteroatoms. The molecule has 140 valence electrons. The minimum Gasteiger partial charge on any atom is -0.416 e. The maximum atomic E-state index is 11.9. The van der Waals surface area contributed by atoms with E-state index in [9.17, 15) is 14.4 Å². The molecule has 27 heavy (non-hydrogen) atoms. The van der Waals surface area contributed by atoms with Crippen LogP contribution in [0.5, 0.6) is 0 Å². The van der Waals surface area contributed by atoms with Crippen molar-refractivity contribution in [2.75, 3.05) is 11.1 Å². The fourth-order valence-corrected chi connectivity index (χ4v) is 2.80. The van der Waals surface area contributed by atoms with Gasteiger partial charge in [0.1, 0.15) is 0 Å². The van der Waals surface area contributed by atoms with E-state index >= 15 is 0 Å². The topological polar surface area (TPSA) is 123 Å². The van der Waals surface area contributed by atoms with Crippen molar-refractivity contribution in [2.45, 2.75) is 18.2 Å². The van der Waals surface area contributed by atoms with E-state index in [2.05, 4.69) is 20.5 Å². The van der Waals surface area contributed by atoms with Gasteiger partial charge in [0.25, 0.3) is 10.8 Å². The van der Waals surface area contributed by atoms with Crippen LogP contribution in [-0.2, 0) is 17.8 Å². The summed E-state index contributed by atoms with van der Waals surface area (Å²) >= 11 is 6.90. The van der Waals surface area contributed by atoms with Gasteiger partial charge in [-0.15, -0.1) is 10.2 Å². The van der Waals surface area contributed by atoms with E-state index in [1.54, 1.807) is 24.3 Å². The van der Waals surface area contributed by atoms with Crippen LogP contribution in [0.1, 0.15) is 5.89 Å². The molecule has 3 aromatic rings. The second-order valence-corrected chi connectivity index (χ2v) is 6.72. The summed E-state index contributed by atoms with van der Waals surface area (Å²) in [6.07, 6.45) is 1.71. The van der Waals surface area contributed by atoms with Crippen LogP contribution in [0.4, 0.5) is 5.69 Å². The Bertz CT molecular complexity index is 1040. The highest BCUT2D eigenvalue weighted by Gasteiger charge is 2.10. The van der Waals surface area contributed by atoms with Crippen molar-refractivity contribution in [1.29, 1.82) is 0 Å². The number of amides is 1. The van der Waals surface area contributed by atoms with Gasteiger partial charge in [0.2, 0.25) is 11.8 Å². The molecule has 9 nitrogen and oxygen atoms in total. The van der Waals surface area contributed by atoms with Gasteiger partial charge in [0.05, 0.1) is 5.75 Å². The predicted molar refractivity (Wildman–Crippen MR) is 100 cm³/mol. The smallest absolute Gasteiger partial charge is 0.328 e. The van der Waals surface area contributed by atoms with Gasteiger partial charge < -0.3 is 14.3 Å². The van der Waals surface area contributed by atoms with E-state index in [0.717, 1.165) is 11.8 Å². The number of aromatic nitrogens is 4. The van der Waals surface area contributed by atoms with Crippen LogP contribution in [0, 0.1) is 0 Å². The predicted octanol–water partition coefficient (Wildman–Crippen LogP) is 1.55. The first-order chi connectivity index (χ1) is 13.0. The summed E-state index contributed by atoms with van der Waals surface area (Å²) in [6, 6.07) is 8.03. The lowest BCUT2D eigenvalue weighted by Crippen LogP contribution is -2.29. The fraction of sp³-hybridized carbons (Fsp3) is 0.188. The SMILES string of the molecule is O=C(CSc1nnc(CCn2ccc(=O)[nH]c2=O)o1)Nc1ccc(Cl)cc1. The number of carbonyl (C=O) groups is 1. The molecule has 2 heterocycles. The molecule has 0 radical (unpaired) electrons. The normalized spacial score (nSPS) is 10.7. The Kier molecular flexibility index (Phi) is 6.09. The van der Waals surface area contributed by atoms with E-state index in [0.29, 0.717) is 23.0 Å². The lowest BCUT2D eigenvalue weighted by molar-refractivity contribution is -0.113. The fourth-order valence-electron chi connectivity index (χ4n) is 2.09. The van der Waals surface area contributed by atoms with Crippen LogP contribution in [-0.4, -0.2) is 31.4 Å². The Morgan fingerprint density at radius 2 is 2.00 bits per heavy atom. The number of carbonyl (C=O) groups excluding carboxylic acids is 1. The molecule has 0 atom stereocenters. The molecular formula is C16H14ClN5O4S. The minimum atomic E-state index is -0.504. The van der Waals surface area contributed by atoms with Crippen LogP contribution in [0.3, 0.4) is 0 Å². The van der Waals surface area contributed by atoms with Crippen molar-refractivity contribution in [3.63, 3.8) is 0 Å². The van der Waals surface area contributed by atoms with E-state index in [1.165, 1.54) is 16.8 Å².